The highest BCUT2D eigenvalue weighted by Gasteiger charge is 2.15. The van der Waals surface area contributed by atoms with Gasteiger partial charge in [-0.2, -0.15) is 0 Å². The van der Waals surface area contributed by atoms with E-state index in [1.165, 1.54) is 23.0 Å². The van der Waals surface area contributed by atoms with Crippen molar-refractivity contribution in [2.45, 2.75) is 19.9 Å². The highest BCUT2D eigenvalue weighted by molar-refractivity contribution is 7.10. The van der Waals surface area contributed by atoms with Crippen LogP contribution in [-0.2, 0) is 13.0 Å². The predicted molar refractivity (Wildman–Crippen MR) is 153 cm³/mol. The number of carbonyl (C=O) groups is 1. The van der Waals surface area contributed by atoms with Crippen LogP contribution >= 0.6 is 11.3 Å². The Kier molecular flexibility index (Phi) is 7.64. The van der Waals surface area contributed by atoms with Crippen LogP contribution in [0.1, 0.15) is 32.1 Å². The first-order valence-electron chi connectivity index (χ1n) is 12.6. The van der Waals surface area contributed by atoms with E-state index in [0.29, 0.717) is 35.1 Å². The van der Waals surface area contributed by atoms with Crippen LogP contribution in [0, 0.1) is 6.92 Å². The quantitative estimate of drug-likeness (QED) is 0.332. The molecule has 1 amide bonds. The largest absolute Gasteiger partial charge is 0.384 e. The van der Waals surface area contributed by atoms with Gasteiger partial charge in [0.25, 0.3) is 5.91 Å². The molecule has 0 aliphatic carbocycles. The molecule has 2 aromatic carbocycles. The third-order valence-electron chi connectivity index (χ3n) is 6.71. The van der Waals surface area contributed by atoms with Gasteiger partial charge in [0.15, 0.2) is 5.82 Å². The van der Waals surface area contributed by atoms with Gasteiger partial charge in [-0.1, -0.05) is 18.2 Å². The van der Waals surface area contributed by atoms with Gasteiger partial charge in [-0.15, -0.1) is 11.3 Å². The number of hydrogen-bond donors (Lipinski definition) is 3. The van der Waals surface area contributed by atoms with Crippen LogP contribution in [0.5, 0.6) is 0 Å². The van der Waals surface area contributed by atoms with Crippen LogP contribution in [0.15, 0.2) is 53.9 Å². The number of carbonyl (C=O) groups excluding carboxylic acids is 1. The van der Waals surface area contributed by atoms with Crippen molar-refractivity contribution in [1.29, 1.82) is 0 Å². The number of nitrogen functional groups attached to an aromatic ring is 2. The summed E-state index contributed by atoms with van der Waals surface area (Å²) >= 11 is 1.52. The van der Waals surface area contributed by atoms with Crippen LogP contribution < -0.4 is 16.8 Å². The van der Waals surface area contributed by atoms with Gasteiger partial charge in [-0.25, -0.2) is 15.0 Å². The predicted octanol–water partition coefficient (Wildman–Crippen LogP) is 3.66. The zero-order valence-electron chi connectivity index (χ0n) is 21.6. The number of aryl methyl sites for hydroxylation is 1. The summed E-state index contributed by atoms with van der Waals surface area (Å²) in [6.07, 6.45) is 0.624. The number of anilines is 3. The molecule has 0 atom stereocenters. The topological polar surface area (TPSA) is 126 Å². The second-order valence-electron chi connectivity index (χ2n) is 9.72. The Morgan fingerprint density at radius 2 is 1.68 bits per heavy atom. The van der Waals surface area contributed by atoms with E-state index in [1.54, 1.807) is 0 Å². The molecule has 9 nitrogen and oxygen atoms in total. The molecule has 0 spiro atoms. The summed E-state index contributed by atoms with van der Waals surface area (Å²) in [4.78, 5) is 30.9. The molecule has 1 aliphatic heterocycles. The minimum atomic E-state index is -0.126. The lowest BCUT2D eigenvalue weighted by Crippen LogP contribution is -2.43. The van der Waals surface area contributed by atoms with Gasteiger partial charge >= 0.3 is 0 Å². The molecule has 4 aromatic rings. The fourth-order valence-electron chi connectivity index (χ4n) is 4.43. The lowest BCUT2D eigenvalue weighted by atomic mass is 10.0. The smallest absolute Gasteiger partial charge is 0.255 e. The van der Waals surface area contributed by atoms with E-state index in [1.807, 2.05) is 47.8 Å². The van der Waals surface area contributed by atoms with Crippen molar-refractivity contribution in [2.24, 2.45) is 0 Å². The van der Waals surface area contributed by atoms with Crippen LogP contribution in [0.3, 0.4) is 0 Å². The van der Waals surface area contributed by atoms with Gasteiger partial charge in [0, 0.05) is 61.8 Å². The second-order valence-corrected chi connectivity index (χ2v) is 10.7. The van der Waals surface area contributed by atoms with E-state index in [4.69, 9.17) is 11.5 Å². The summed E-state index contributed by atoms with van der Waals surface area (Å²) in [5.74, 6) is 0.910. The van der Waals surface area contributed by atoms with Crippen molar-refractivity contribution in [3.63, 3.8) is 0 Å². The Hall–Kier alpha value is -3.86. The maximum absolute atomic E-state index is 12.9. The van der Waals surface area contributed by atoms with Crippen LogP contribution in [-0.4, -0.2) is 63.9 Å². The Morgan fingerprint density at radius 3 is 2.39 bits per heavy atom. The summed E-state index contributed by atoms with van der Waals surface area (Å²) in [6.45, 7) is 7.28. The number of nitrogens with two attached hydrogens (primary N) is 2. The monoisotopic (exact) mass is 528 g/mol. The number of nitrogens with zero attached hydrogens (tertiary/aromatic N) is 5. The van der Waals surface area contributed by atoms with Crippen molar-refractivity contribution >= 4 is 34.6 Å². The average Bonchev–Trinajstić information content (AvgIpc) is 3.36. The normalized spacial score (nSPS) is 14.5. The Balaban J connectivity index is 1.23. The number of amides is 1. The number of likely N-dealkylation sites (N-methyl/N-ethyl adjacent to an activating group) is 1. The molecule has 1 aliphatic rings. The van der Waals surface area contributed by atoms with Crippen molar-refractivity contribution in [3.05, 3.63) is 81.2 Å². The van der Waals surface area contributed by atoms with Gasteiger partial charge in [-0.3, -0.25) is 9.69 Å². The lowest BCUT2D eigenvalue weighted by Gasteiger charge is -2.32. The Bertz CT molecular complexity index is 1410. The first-order chi connectivity index (χ1) is 18.3. The summed E-state index contributed by atoms with van der Waals surface area (Å²) in [6, 6.07) is 15.4. The van der Waals surface area contributed by atoms with Crippen molar-refractivity contribution in [3.8, 4) is 11.5 Å². The maximum Gasteiger partial charge on any atom is 0.255 e. The summed E-state index contributed by atoms with van der Waals surface area (Å²) in [7, 11) is 2.16. The SMILES string of the molecule is Cc1ccc(NC(=O)c2ccc(CN3CCN(C)CC3)cc2)cc1Cc1nc(-c2nc(N)cc(N)n2)cs1. The standard InChI is InChI=1S/C28H32N8OS/c1-18-3-8-22(13-21(18)14-26-32-23(17-38-26)27-33-24(29)15-25(30)34-27)31-28(37)20-6-4-19(5-7-20)16-36-11-9-35(2)10-12-36/h3-8,13,15,17H,9-12,14,16H2,1-2H3,(H,31,37)(H4,29,30,33,34). The van der Waals surface area contributed by atoms with E-state index in [0.717, 1.165) is 54.5 Å². The lowest BCUT2D eigenvalue weighted by molar-refractivity contribution is 0.102. The number of piperazine rings is 1. The zero-order chi connectivity index (χ0) is 26.6. The molecule has 0 unspecified atom stereocenters. The molecule has 196 valence electrons. The van der Waals surface area contributed by atoms with Gasteiger partial charge in [0.2, 0.25) is 0 Å². The van der Waals surface area contributed by atoms with Gasteiger partial charge in [0.1, 0.15) is 17.3 Å². The highest BCUT2D eigenvalue weighted by Crippen LogP contribution is 2.25. The van der Waals surface area contributed by atoms with E-state index in [2.05, 4.69) is 44.0 Å². The van der Waals surface area contributed by atoms with Crippen molar-refractivity contribution in [1.82, 2.24) is 24.8 Å². The molecular formula is C28H32N8OS. The maximum atomic E-state index is 12.9. The molecule has 3 heterocycles. The molecule has 2 aromatic heterocycles. The van der Waals surface area contributed by atoms with E-state index in [-0.39, 0.29) is 5.91 Å². The Morgan fingerprint density at radius 1 is 0.974 bits per heavy atom. The second kappa shape index (κ2) is 11.3. The van der Waals surface area contributed by atoms with Crippen LogP contribution in [0.2, 0.25) is 0 Å². The first-order valence-corrected chi connectivity index (χ1v) is 13.5. The molecule has 1 saturated heterocycles. The molecule has 0 saturated carbocycles. The molecule has 0 radical (unpaired) electrons. The molecule has 38 heavy (non-hydrogen) atoms. The first kappa shape index (κ1) is 25.8. The van der Waals surface area contributed by atoms with Gasteiger partial charge in [0.05, 0.1) is 5.01 Å². The van der Waals surface area contributed by atoms with Crippen molar-refractivity contribution in [2.75, 3.05) is 50.0 Å². The third-order valence-corrected chi connectivity index (χ3v) is 7.56. The number of nitrogens with one attached hydrogen (secondary N) is 1. The summed E-state index contributed by atoms with van der Waals surface area (Å²) in [5.41, 5.74) is 17.1. The zero-order valence-corrected chi connectivity index (χ0v) is 22.5. The fourth-order valence-corrected chi connectivity index (χ4v) is 5.22. The molecule has 1 fully saturated rings. The fraction of sp³-hybridized carbons (Fsp3) is 0.286. The van der Waals surface area contributed by atoms with E-state index >= 15 is 0 Å². The minimum Gasteiger partial charge on any atom is -0.384 e. The molecule has 5 N–H and O–H groups in total. The summed E-state index contributed by atoms with van der Waals surface area (Å²) in [5, 5.41) is 5.85. The number of hydrogen-bond acceptors (Lipinski definition) is 9. The molecule has 0 bridgehead atoms. The number of rotatable bonds is 7. The molecule has 5 rings (SSSR count). The van der Waals surface area contributed by atoms with Crippen LogP contribution in [0.25, 0.3) is 11.5 Å². The average molecular weight is 529 g/mol. The minimum absolute atomic E-state index is 0.126. The highest BCUT2D eigenvalue weighted by atomic mass is 32.1. The van der Waals surface area contributed by atoms with Crippen LogP contribution in [0.4, 0.5) is 17.3 Å². The molecule has 10 heteroatoms. The van der Waals surface area contributed by atoms with E-state index in [9.17, 15) is 4.79 Å². The number of aromatic nitrogens is 3. The van der Waals surface area contributed by atoms with E-state index < -0.39 is 0 Å². The van der Waals surface area contributed by atoms with Crippen molar-refractivity contribution < 1.29 is 4.79 Å². The van der Waals surface area contributed by atoms with Gasteiger partial charge < -0.3 is 21.7 Å². The molecular weight excluding hydrogens is 496 g/mol. The summed E-state index contributed by atoms with van der Waals surface area (Å²) < 4.78 is 0. The number of benzene rings is 2. The number of thiazole rings is 1. The Labute approximate surface area is 226 Å². The third kappa shape index (κ3) is 6.34. The van der Waals surface area contributed by atoms with Gasteiger partial charge in [-0.05, 0) is 54.9 Å².